The van der Waals surface area contributed by atoms with Gasteiger partial charge in [-0.05, 0) is 23.8 Å². The molecule has 2 amide bonds. The Morgan fingerprint density at radius 2 is 1.88 bits per heavy atom. The Morgan fingerprint density at radius 1 is 1.15 bits per heavy atom. The predicted molar refractivity (Wildman–Crippen MR) is 107 cm³/mol. The maximum atomic E-state index is 12.7. The number of amides is 2. The highest BCUT2D eigenvalue weighted by molar-refractivity contribution is 8.00. The summed E-state index contributed by atoms with van der Waals surface area (Å²) in [6, 6.07) is 15.3. The molecule has 1 aliphatic heterocycles. The number of hydrogen-bond donors (Lipinski definition) is 1. The summed E-state index contributed by atoms with van der Waals surface area (Å²) in [6.07, 6.45) is 0.365. The Bertz CT molecular complexity index is 812. The Balaban J connectivity index is 1.54. The normalized spacial score (nSPS) is 16.1. The van der Waals surface area contributed by atoms with Gasteiger partial charge in [0.2, 0.25) is 11.8 Å². The first-order valence-electron chi connectivity index (χ1n) is 8.61. The Hall–Kier alpha value is -1.98. The van der Waals surface area contributed by atoms with E-state index in [-0.39, 0.29) is 24.7 Å². The summed E-state index contributed by atoms with van der Waals surface area (Å²) in [4.78, 5) is 27.7. The summed E-state index contributed by atoms with van der Waals surface area (Å²) in [5.41, 5.74) is 1.81. The number of carbonyl (C=O) groups excluding carboxylic acids is 2. The quantitative estimate of drug-likeness (QED) is 0.832. The number of halogens is 1. The molecule has 0 aromatic heterocycles. The fourth-order valence-corrected chi connectivity index (χ4v) is 4.22. The zero-order chi connectivity index (χ0) is 18.5. The third kappa shape index (κ3) is 4.59. The van der Waals surface area contributed by atoms with Gasteiger partial charge in [0.15, 0.2) is 0 Å². The van der Waals surface area contributed by atoms with Crippen molar-refractivity contribution in [3.63, 3.8) is 0 Å². The van der Waals surface area contributed by atoms with Gasteiger partial charge in [-0.15, -0.1) is 11.8 Å². The number of benzene rings is 2. The van der Waals surface area contributed by atoms with Crippen LogP contribution >= 0.6 is 23.4 Å². The van der Waals surface area contributed by atoms with Crippen molar-refractivity contribution in [1.82, 2.24) is 5.32 Å². The first kappa shape index (κ1) is 18.8. The van der Waals surface area contributed by atoms with Crippen LogP contribution in [0.5, 0.6) is 0 Å². The highest BCUT2D eigenvalue weighted by Gasteiger charge is 2.26. The van der Waals surface area contributed by atoms with Crippen LogP contribution in [0.2, 0.25) is 5.02 Å². The first-order valence-corrected chi connectivity index (χ1v) is 9.86. The van der Waals surface area contributed by atoms with Gasteiger partial charge in [0, 0.05) is 41.1 Å². The van der Waals surface area contributed by atoms with Gasteiger partial charge in [-0.3, -0.25) is 9.59 Å². The number of thioether (sulfide) groups is 1. The van der Waals surface area contributed by atoms with E-state index < -0.39 is 0 Å². The van der Waals surface area contributed by atoms with Crippen LogP contribution in [0.3, 0.4) is 0 Å². The molecule has 4 nitrogen and oxygen atoms in total. The average molecular weight is 389 g/mol. The number of anilines is 1. The van der Waals surface area contributed by atoms with Gasteiger partial charge in [0.1, 0.15) is 0 Å². The second-order valence-electron chi connectivity index (χ2n) is 6.27. The molecule has 136 valence electrons. The lowest BCUT2D eigenvalue weighted by Crippen LogP contribution is -2.39. The van der Waals surface area contributed by atoms with Gasteiger partial charge in [-0.1, -0.05) is 48.9 Å². The van der Waals surface area contributed by atoms with E-state index >= 15 is 0 Å². The monoisotopic (exact) mass is 388 g/mol. The third-order valence-electron chi connectivity index (χ3n) is 4.22. The summed E-state index contributed by atoms with van der Waals surface area (Å²) < 4.78 is 0. The van der Waals surface area contributed by atoms with Crippen molar-refractivity contribution >= 4 is 40.9 Å². The molecule has 6 heteroatoms. The van der Waals surface area contributed by atoms with Gasteiger partial charge in [-0.2, -0.15) is 0 Å². The van der Waals surface area contributed by atoms with Crippen LogP contribution in [0.4, 0.5) is 5.69 Å². The van der Waals surface area contributed by atoms with E-state index in [1.165, 1.54) is 0 Å². The minimum absolute atomic E-state index is 0.0162. The lowest BCUT2D eigenvalue weighted by molar-refractivity contribution is -0.125. The number of rotatable bonds is 5. The number of hydrogen-bond acceptors (Lipinski definition) is 3. The molecule has 3 rings (SSSR count). The molecule has 1 aliphatic rings. The standard InChI is InChI=1S/C20H21ClN2O2S/c1-14-13-23(17-8-4-5-9-18(17)26-14)20(25)11-10-19(24)22-12-15-6-2-3-7-16(15)21/h2-9,14H,10-13H2,1H3,(H,22,24)/t14-/m1/s1. The fourth-order valence-electron chi connectivity index (χ4n) is 2.90. The van der Waals surface area contributed by atoms with Gasteiger partial charge >= 0.3 is 0 Å². The molecule has 0 saturated heterocycles. The van der Waals surface area contributed by atoms with E-state index in [0.29, 0.717) is 23.4 Å². The molecule has 1 atom stereocenters. The Morgan fingerprint density at radius 3 is 2.69 bits per heavy atom. The molecule has 1 heterocycles. The van der Waals surface area contributed by atoms with Crippen LogP contribution in [-0.4, -0.2) is 23.6 Å². The topological polar surface area (TPSA) is 49.4 Å². The van der Waals surface area contributed by atoms with Crippen LogP contribution in [0.1, 0.15) is 25.3 Å². The highest BCUT2D eigenvalue weighted by Crippen LogP contribution is 2.38. The van der Waals surface area contributed by atoms with Crippen molar-refractivity contribution in [2.75, 3.05) is 11.4 Å². The zero-order valence-electron chi connectivity index (χ0n) is 14.6. The molecule has 0 spiro atoms. The Labute approximate surface area is 162 Å². The molecule has 0 unspecified atom stereocenters. The SMILES string of the molecule is C[C@@H]1CN(C(=O)CCC(=O)NCc2ccccc2Cl)c2ccccc2S1. The number of carbonyl (C=O) groups is 2. The summed E-state index contributed by atoms with van der Waals surface area (Å²) >= 11 is 7.86. The number of fused-ring (bicyclic) bond motifs is 1. The molecular weight excluding hydrogens is 368 g/mol. The minimum Gasteiger partial charge on any atom is -0.352 e. The Kier molecular flexibility index (Phi) is 6.22. The highest BCUT2D eigenvalue weighted by atomic mass is 35.5. The van der Waals surface area contributed by atoms with Crippen molar-refractivity contribution in [1.29, 1.82) is 0 Å². The molecule has 0 aliphatic carbocycles. The van der Waals surface area contributed by atoms with E-state index in [4.69, 9.17) is 11.6 Å². The maximum Gasteiger partial charge on any atom is 0.227 e. The van der Waals surface area contributed by atoms with Crippen LogP contribution < -0.4 is 10.2 Å². The lowest BCUT2D eigenvalue weighted by atomic mass is 10.2. The van der Waals surface area contributed by atoms with Gasteiger partial charge < -0.3 is 10.2 Å². The molecule has 1 N–H and O–H groups in total. The van der Waals surface area contributed by atoms with Crippen LogP contribution in [0.15, 0.2) is 53.4 Å². The molecule has 2 aromatic carbocycles. The van der Waals surface area contributed by atoms with Crippen molar-refractivity contribution < 1.29 is 9.59 Å². The van der Waals surface area contributed by atoms with Crippen molar-refractivity contribution in [2.45, 2.75) is 36.5 Å². The number of para-hydroxylation sites is 1. The first-order chi connectivity index (χ1) is 12.5. The number of nitrogens with zero attached hydrogens (tertiary/aromatic N) is 1. The number of nitrogens with one attached hydrogen (secondary N) is 1. The summed E-state index contributed by atoms with van der Waals surface area (Å²) in [5.74, 6) is -0.163. The second-order valence-corrected chi connectivity index (χ2v) is 8.16. The zero-order valence-corrected chi connectivity index (χ0v) is 16.1. The van der Waals surface area contributed by atoms with Gasteiger partial charge in [0.05, 0.1) is 5.69 Å². The molecule has 26 heavy (non-hydrogen) atoms. The van der Waals surface area contributed by atoms with Gasteiger partial charge in [-0.25, -0.2) is 0 Å². The second kappa shape index (κ2) is 8.60. The van der Waals surface area contributed by atoms with Crippen molar-refractivity contribution in [3.8, 4) is 0 Å². The average Bonchev–Trinajstić information content (AvgIpc) is 2.64. The lowest BCUT2D eigenvalue weighted by Gasteiger charge is -2.32. The molecule has 0 bridgehead atoms. The molecular formula is C20H21ClN2O2S. The largest absolute Gasteiger partial charge is 0.352 e. The van der Waals surface area contributed by atoms with Crippen molar-refractivity contribution in [2.24, 2.45) is 0 Å². The smallest absolute Gasteiger partial charge is 0.227 e. The van der Waals surface area contributed by atoms with E-state index in [9.17, 15) is 9.59 Å². The van der Waals surface area contributed by atoms with Crippen LogP contribution in [0, 0.1) is 0 Å². The predicted octanol–water partition coefficient (Wildman–Crippen LogP) is 4.26. The summed E-state index contributed by atoms with van der Waals surface area (Å²) in [5, 5.41) is 3.79. The van der Waals surface area contributed by atoms with Crippen LogP contribution in [0.25, 0.3) is 0 Å². The molecule has 0 saturated carbocycles. The summed E-state index contributed by atoms with van der Waals surface area (Å²) in [6.45, 7) is 3.14. The molecule has 2 aromatic rings. The minimum atomic E-state index is -0.147. The molecule has 0 radical (unpaired) electrons. The van der Waals surface area contributed by atoms with Crippen molar-refractivity contribution in [3.05, 3.63) is 59.1 Å². The maximum absolute atomic E-state index is 12.7. The van der Waals surface area contributed by atoms with E-state index in [1.54, 1.807) is 22.7 Å². The summed E-state index contributed by atoms with van der Waals surface area (Å²) in [7, 11) is 0. The molecule has 0 fully saturated rings. The van der Waals surface area contributed by atoms with Crippen LogP contribution in [-0.2, 0) is 16.1 Å². The van der Waals surface area contributed by atoms with E-state index in [0.717, 1.165) is 16.1 Å². The third-order valence-corrected chi connectivity index (χ3v) is 5.74. The van der Waals surface area contributed by atoms with E-state index in [2.05, 4.69) is 12.2 Å². The van der Waals surface area contributed by atoms with Gasteiger partial charge in [0.25, 0.3) is 0 Å². The van der Waals surface area contributed by atoms with E-state index in [1.807, 2.05) is 42.5 Å². The fraction of sp³-hybridized carbons (Fsp3) is 0.300.